The molecule has 1 amide bonds. The first-order valence-electron chi connectivity index (χ1n) is 8.84. The molecule has 6 heteroatoms. The van der Waals surface area contributed by atoms with Crippen molar-refractivity contribution in [1.82, 2.24) is 9.88 Å². The minimum absolute atomic E-state index is 0.0799. The Bertz CT molecular complexity index is 1010. The predicted octanol–water partition coefficient (Wildman–Crippen LogP) is 3.39. The van der Waals surface area contributed by atoms with Crippen molar-refractivity contribution < 1.29 is 19.0 Å². The van der Waals surface area contributed by atoms with Gasteiger partial charge in [-0.3, -0.25) is 4.79 Å². The van der Waals surface area contributed by atoms with Crippen LogP contribution in [0.25, 0.3) is 10.9 Å². The van der Waals surface area contributed by atoms with Crippen molar-refractivity contribution in [3.05, 3.63) is 53.2 Å². The number of amides is 1. The Morgan fingerprint density at radius 1 is 1.00 bits per heavy atom. The molecule has 0 spiro atoms. The van der Waals surface area contributed by atoms with E-state index in [0.29, 0.717) is 35.9 Å². The average molecular weight is 366 g/mol. The number of benzene rings is 2. The average Bonchev–Trinajstić information content (AvgIpc) is 3.10. The Hall–Kier alpha value is -3.15. The van der Waals surface area contributed by atoms with Gasteiger partial charge in [-0.1, -0.05) is 18.2 Å². The third-order valence-electron chi connectivity index (χ3n) is 5.11. The largest absolute Gasteiger partial charge is 0.496 e. The Balaban J connectivity index is 1.70. The first-order chi connectivity index (χ1) is 13.2. The van der Waals surface area contributed by atoms with E-state index >= 15 is 0 Å². The molecule has 2 aromatic carbocycles. The zero-order valence-corrected chi connectivity index (χ0v) is 15.7. The summed E-state index contributed by atoms with van der Waals surface area (Å²) in [5, 5.41) is 1.17. The van der Waals surface area contributed by atoms with E-state index in [2.05, 4.69) is 17.1 Å². The summed E-state index contributed by atoms with van der Waals surface area (Å²) in [5.41, 5.74) is 3.98. The number of aromatic nitrogens is 1. The van der Waals surface area contributed by atoms with Gasteiger partial charge < -0.3 is 24.1 Å². The fraction of sp³-hybridized carbons (Fsp3) is 0.286. The SMILES string of the molecule is COc1cc(OC)c(C(=O)N2CCc3[nH]c4ccccc4c3C2)cc1OC. The summed E-state index contributed by atoms with van der Waals surface area (Å²) < 4.78 is 16.1. The number of methoxy groups -OCH3 is 3. The highest BCUT2D eigenvalue weighted by molar-refractivity contribution is 5.98. The number of rotatable bonds is 4. The lowest BCUT2D eigenvalue weighted by atomic mass is 10.0. The number of carbonyl (C=O) groups is 1. The fourth-order valence-corrected chi connectivity index (χ4v) is 3.71. The molecule has 1 N–H and O–H groups in total. The van der Waals surface area contributed by atoms with Gasteiger partial charge in [-0.05, 0) is 6.07 Å². The smallest absolute Gasteiger partial charge is 0.258 e. The summed E-state index contributed by atoms with van der Waals surface area (Å²) >= 11 is 0. The van der Waals surface area contributed by atoms with Crippen LogP contribution in [0.2, 0.25) is 0 Å². The van der Waals surface area contributed by atoms with E-state index in [4.69, 9.17) is 14.2 Å². The van der Waals surface area contributed by atoms with Crippen molar-refractivity contribution in [1.29, 1.82) is 0 Å². The van der Waals surface area contributed by atoms with Crippen molar-refractivity contribution in [3.8, 4) is 17.2 Å². The lowest BCUT2D eigenvalue weighted by Crippen LogP contribution is -2.36. The second-order valence-electron chi connectivity index (χ2n) is 6.51. The minimum atomic E-state index is -0.0799. The molecular weight excluding hydrogens is 344 g/mol. The zero-order chi connectivity index (χ0) is 19.0. The first kappa shape index (κ1) is 17.3. The van der Waals surface area contributed by atoms with Crippen molar-refractivity contribution in [2.75, 3.05) is 27.9 Å². The van der Waals surface area contributed by atoms with Crippen LogP contribution in [-0.2, 0) is 13.0 Å². The maximum absolute atomic E-state index is 13.3. The number of nitrogens with one attached hydrogen (secondary N) is 1. The zero-order valence-electron chi connectivity index (χ0n) is 15.7. The number of para-hydroxylation sites is 1. The summed E-state index contributed by atoms with van der Waals surface area (Å²) in [6.45, 7) is 1.21. The highest BCUT2D eigenvalue weighted by atomic mass is 16.5. The molecule has 6 nitrogen and oxygen atoms in total. The quantitative estimate of drug-likeness (QED) is 0.769. The maximum atomic E-state index is 13.3. The molecule has 0 radical (unpaired) electrons. The third-order valence-corrected chi connectivity index (χ3v) is 5.11. The number of hydrogen-bond acceptors (Lipinski definition) is 4. The molecule has 140 valence electrons. The molecule has 4 rings (SSSR count). The van der Waals surface area contributed by atoms with Gasteiger partial charge in [0.1, 0.15) is 5.75 Å². The van der Waals surface area contributed by atoms with Gasteiger partial charge >= 0.3 is 0 Å². The van der Waals surface area contributed by atoms with Crippen LogP contribution in [0.3, 0.4) is 0 Å². The van der Waals surface area contributed by atoms with E-state index in [-0.39, 0.29) is 5.91 Å². The minimum Gasteiger partial charge on any atom is -0.496 e. The Labute approximate surface area is 157 Å². The molecule has 0 bridgehead atoms. The van der Waals surface area contributed by atoms with Gasteiger partial charge in [0.2, 0.25) is 0 Å². The monoisotopic (exact) mass is 366 g/mol. The van der Waals surface area contributed by atoms with Crippen LogP contribution in [-0.4, -0.2) is 43.7 Å². The van der Waals surface area contributed by atoms with Crippen molar-refractivity contribution in [3.63, 3.8) is 0 Å². The van der Waals surface area contributed by atoms with Crippen LogP contribution in [0.15, 0.2) is 36.4 Å². The van der Waals surface area contributed by atoms with E-state index in [1.54, 1.807) is 33.5 Å². The van der Waals surface area contributed by atoms with Gasteiger partial charge in [0.25, 0.3) is 5.91 Å². The molecule has 1 aromatic heterocycles. The topological polar surface area (TPSA) is 63.8 Å². The number of nitrogens with zero attached hydrogens (tertiary/aromatic N) is 1. The molecule has 0 unspecified atom stereocenters. The number of ether oxygens (including phenoxy) is 3. The second-order valence-corrected chi connectivity index (χ2v) is 6.51. The predicted molar refractivity (Wildman–Crippen MR) is 103 cm³/mol. The van der Waals surface area contributed by atoms with Crippen LogP contribution >= 0.6 is 0 Å². The molecule has 0 saturated heterocycles. The van der Waals surface area contributed by atoms with E-state index in [9.17, 15) is 4.79 Å². The molecule has 27 heavy (non-hydrogen) atoms. The van der Waals surface area contributed by atoms with Crippen LogP contribution < -0.4 is 14.2 Å². The van der Waals surface area contributed by atoms with E-state index in [1.807, 2.05) is 17.0 Å². The van der Waals surface area contributed by atoms with Crippen molar-refractivity contribution in [2.45, 2.75) is 13.0 Å². The van der Waals surface area contributed by atoms with E-state index in [0.717, 1.165) is 11.9 Å². The Morgan fingerprint density at radius 3 is 2.44 bits per heavy atom. The molecule has 0 atom stereocenters. The highest BCUT2D eigenvalue weighted by Gasteiger charge is 2.27. The van der Waals surface area contributed by atoms with Gasteiger partial charge in [-0.2, -0.15) is 0 Å². The lowest BCUT2D eigenvalue weighted by molar-refractivity contribution is 0.0731. The van der Waals surface area contributed by atoms with Gasteiger partial charge in [-0.25, -0.2) is 0 Å². The number of fused-ring (bicyclic) bond motifs is 3. The van der Waals surface area contributed by atoms with Crippen LogP contribution in [0.4, 0.5) is 0 Å². The third kappa shape index (κ3) is 2.87. The number of H-pyrrole nitrogens is 1. The fourth-order valence-electron chi connectivity index (χ4n) is 3.71. The summed E-state index contributed by atoms with van der Waals surface area (Å²) in [7, 11) is 4.66. The number of carbonyl (C=O) groups excluding carboxylic acids is 1. The molecule has 2 heterocycles. The maximum Gasteiger partial charge on any atom is 0.258 e. The van der Waals surface area contributed by atoms with Gasteiger partial charge in [-0.15, -0.1) is 0 Å². The number of hydrogen-bond donors (Lipinski definition) is 1. The van der Waals surface area contributed by atoms with Crippen LogP contribution in [0.1, 0.15) is 21.6 Å². The normalized spacial score (nSPS) is 13.4. The molecular formula is C21H22N2O4. The van der Waals surface area contributed by atoms with Gasteiger partial charge in [0, 0.05) is 53.8 Å². The molecule has 0 fully saturated rings. The summed E-state index contributed by atoms with van der Waals surface area (Å²) in [5.74, 6) is 1.43. The standard InChI is InChI=1S/C21H22N2O4/c1-25-18-11-20(27-3)19(26-2)10-14(18)21(24)23-9-8-17-15(12-23)13-6-4-5-7-16(13)22-17/h4-7,10-11,22H,8-9,12H2,1-3H3. The van der Waals surface area contributed by atoms with E-state index < -0.39 is 0 Å². The molecule has 3 aromatic rings. The Morgan fingerprint density at radius 2 is 1.70 bits per heavy atom. The molecule has 0 saturated carbocycles. The van der Waals surface area contributed by atoms with E-state index in [1.165, 1.54) is 16.6 Å². The van der Waals surface area contributed by atoms with Crippen molar-refractivity contribution in [2.24, 2.45) is 0 Å². The number of aromatic amines is 1. The molecule has 1 aliphatic heterocycles. The Kier molecular flexibility index (Phi) is 4.39. The first-order valence-corrected chi connectivity index (χ1v) is 8.84. The summed E-state index contributed by atoms with van der Waals surface area (Å²) in [6, 6.07) is 11.6. The molecule has 1 aliphatic rings. The van der Waals surface area contributed by atoms with Crippen LogP contribution in [0.5, 0.6) is 17.2 Å². The van der Waals surface area contributed by atoms with Gasteiger partial charge in [0.15, 0.2) is 11.5 Å². The molecule has 0 aliphatic carbocycles. The highest BCUT2D eigenvalue weighted by Crippen LogP contribution is 2.36. The summed E-state index contributed by atoms with van der Waals surface area (Å²) in [6.07, 6.45) is 0.797. The van der Waals surface area contributed by atoms with Crippen LogP contribution in [0, 0.1) is 0 Å². The second kappa shape index (κ2) is 6.87. The lowest BCUT2D eigenvalue weighted by Gasteiger charge is -2.28. The van der Waals surface area contributed by atoms with Gasteiger partial charge in [0.05, 0.1) is 26.9 Å². The van der Waals surface area contributed by atoms with Crippen molar-refractivity contribution >= 4 is 16.8 Å². The summed E-state index contributed by atoms with van der Waals surface area (Å²) in [4.78, 5) is 18.6.